The second kappa shape index (κ2) is 13.0. The van der Waals surface area contributed by atoms with Gasteiger partial charge in [-0.15, -0.1) is 0 Å². The average Bonchev–Trinajstić information content (AvgIpc) is 3.15. The van der Waals surface area contributed by atoms with Gasteiger partial charge in [0.1, 0.15) is 6.61 Å². The first-order valence-corrected chi connectivity index (χ1v) is 12.2. The second-order valence-corrected chi connectivity index (χ2v) is 9.95. The lowest BCUT2D eigenvalue weighted by Gasteiger charge is -2.23. The van der Waals surface area contributed by atoms with E-state index in [0.717, 1.165) is 0 Å². The normalized spacial score (nSPS) is 17.4. The first kappa shape index (κ1) is 26.5. The number of amides is 3. The number of thioether (sulfide) groups is 2. The number of rotatable bonds is 11. The predicted molar refractivity (Wildman–Crippen MR) is 125 cm³/mol. The first-order valence-electron chi connectivity index (χ1n) is 10.1. The highest BCUT2D eigenvalue weighted by Crippen LogP contribution is 2.30. The lowest BCUT2D eigenvalue weighted by molar-refractivity contribution is -0.384. The molecule has 0 spiro atoms. The van der Waals surface area contributed by atoms with Gasteiger partial charge in [0.25, 0.3) is 5.69 Å². The highest BCUT2D eigenvalue weighted by molar-refractivity contribution is 8.14. The zero-order valence-electron chi connectivity index (χ0n) is 18.1. The van der Waals surface area contributed by atoms with Crippen LogP contribution in [0.5, 0.6) is 0 Å². The van der Waals surface area contributed by atoms with Crippen molar-refractivity contribution in [3.8, 4) is 0 Å². The summed E-state index contributed by atoms with van der Waals surface area (Å²) in [5, 5.41) is 13.1. The van der Waals surface area contributed by atoms with Crippen molar-refractivity contribution in [2.75, 3.05) is 24.6 Å². The number of nitro benzene ring substituents is 1. The number of nitrogens with one attached hydrogen (secondary N) is 1. The van der Waals surface area contributed by atoms with E-state index in [4.69, 9.17) is 10.5 Å². The molecule has 1 aliphatic heterocycles. The molecule has 2 atom stereocenters. The minimum Gasteiger partial charge on any atom is -0.445 e. The minimum atomic E-state index is -0.612. The lowest BCUT2D eigenvalue weighted by Crippen LogP contribution is -2.37. The van der Waals surface area contributed by atoms with E-state index in [-0.39, 0.29) is 47.6 Å². The van der Waals surface area contributed by atoms with E-state index < -0.39 is 16.9 Å². The van der Waals surface area contributed by atoms with Crippen molar-refractivity contribution < 1.29 is 28.8 Å². The van der Waals surface area contributed by atoms with Crippen molar-refractivity contribution in [1.82, 2.24) is 10.2 Å². The molecule has 1 aromatic rings. The number of carbonyl (C=O) groups excluding carboxylic acids is 4. The van der Waals surface area contributed by atoms with Gasteiger partial charge >= 0.3 is 6.09 Å². The Kier molecular flexibility index (Phi) is 10.5. The van der Waals surface area contributed by atoms with Crippen LogP contribution in [-0.4, -0.2) is 68.7 Å². The summed E-state index contributed by atoms with van der Waals surface area (Å²) < 4.78 is 5.40. The summed E-state index contributed by atoms with van der Waals surface area (Å²) in [6.07, 6.45) is 0.309. The molecule has 0 saturated carbocycles. The van der Waals surface area contributed by atoms with Gasteiger partial charge in [0.05, 0.1) is 11.5 Å². The maximum atomic E-state index is 12.7. The van der Waals surface area contributed by atoms with Crippen LogP contribution in [-0.2, 0) is 25.7 Å². The third-order valence-electron chi connectivity index (χ3n) is 4.70. The number of hydrogen-bond acceptors (Lipinski definition) is 9. The molecule has 1 fully saturated rings. The van der Waals surface area contributed by atoms with Gasteiger partial charge in [0.2, 0.25) is 11.8 Å². The number of primary amides is 1. The molecule has 0 radical (unpaired) electrons. The van der Waals surface area contributed by atoms with E-state index in [2.05, 4.69) is 5.32 Å². The highest BCUT2D eigenvalue weighted by Gasteiger charge is 2.37. The molecule has 1 aromatic carbocycles. The fraction of sp³-hybridized carbons (Fsp3) is 0.500. The molecule has 2 rings (SSSR count). The van der Waals surface area contributed by atoms with Crippen LogP contribution in [0.3, 0.4) is 0 Å². The Morgan fingerprint density at radius 3 is 2.58 bits per heavy atom. The maximum absolute atomic E-state index is 12.7. The summed E-state index contributed by atoms with van der Waals surface area (Å²) in [5.41, 5.74) is 5.56. The monoisotopic (exact) mass is 498 g/mol. The molecular weight excluding hydrogens is 472 g/mol. The van der Waals surface area contributed by atoms with Gasteiger partial charge in [-0.3, -0.25) is 24.5 Å². The first-order chi connectivity index (χ1) is 15.7. The van der Waals surface area contributed by atoms with Crippen molar-refractivity contribution >= 4 is 52.2 Å². The summed E-state index contributed by atoms with van der Waals surface area (Å²) in [6.45, 7) is 1.62. The third kappa shape index (κ3) is 9.30. The molecule has 1 saturated heterocycles. The second-order valence-electron chi connectivity index (χ2n) is 7.32. The smallest absolute Gasteiger partial charge is 0.410 e. The molecule has 13 heteroatoms. The molecular formula is C20H26N4O7S2. The summed E-state index contributed by atoms with van der Waals surface area (Å²) in [5.74, 6) is 0.165. The number of carbonyl (C=O) groups is 4. The fourth-order valence-corrected chi connectivity index (χ4v) is 5.28. The molecule has 180 valence electrons. The van der Waals surface area contributed by atoms with E-state index in [1.54, 1.807) is 4.90 Å². The Hall–Kier alpha value is -2.80. The Balaban J connectivity index is 1.87. The van der Waals surface area contributed by atoms with Gasteiger partial charge in [-0.05, 0) is 24.1 Å². The summed E-state index contributed by atoms with van der Waals surface area (Å²) >= 11 is 2.68. The van der Waals surface area contributed by atoms with Gasteiger partial charge in [-0.25, -0.2) is 4.79 Å². The number of benzene rings is 1. The zero-order valence-corrected chi connectivity index (χ0v) is 19.7. The van der Waals surface area contributed by atoms with E-state index in [1.807, 2.05) is 0 Å². The average molecular weight is 499 g/mol. The number of non-ortho nitro benzene ring substituents is 1. The van der Waals surface area contributed by atoms with Crippen LogP contribution >= 0.6 is 23.5 Å². The van der Waals surface area contributed by atoms with Crippen molar-refractivity contribution in [2.24, 2.45) is 5.73 Å². The van der Waals surface area contributed by atoms with E-state index >= 15 is 0 Å². The van der Waals surface area contributed by atoms with E-state index in [0.29, 0.717) is 30.0 Å². The van der Waals surface area contributed by atoms with Crippen molar-refractivity contribution in [3.05, 3.63) is 39.9 Å². The van der Waals surface area contributed by atoms with Gasteiger partial charge in [-0.1, -0.05) is 11.8 Å². The number of nitro groups is 1. The predicted octanol–water partition coefficient (Wildman–Crippen LogP) is 1.68. The van der Waals surface area contributed by atoms with Crippen LogP contribution < -0.4 is 11.1 Å². The molecule has 0 bridgehead atoms. The largest absolute Gasteiger partial charge is 0.445 e. The molecule has 0 aromatic heterocycles. The van der Waals surface area contributed by atoms with Gasteiger partial charge < -0.3 is 20.7 Å². The molecule has 2 unspecified atom stereocenters. The van der Waals surface area contributed by atoms with Crippen LogP contribution in [0.25, 0.3) is 0 Å². The van der Waals surface area contributed by atoms with E-state index in [9.17, 15) is 29.3 Å². The van der Waals surface area contributed by atoms with Crippen LogP contribution in [0.15, 0.2) is 24.3 Å². The Morgan fingerprint density at radius 1 is 1.27 bits per heavy atom. The molecule has 0 aliphatic carbocycles. The third-order valence-corrected chi connectivity index (χ3v) is 6.82. The van der Waals surface area contributed by atoms with Crippen molar-refractivity contribution in [2.45, 2.75) is 37.7 Å². The molecule has 3 amide bonds. The topological polar surface area (TPSA) is 162 Å². The van der Waals surface area contributed by atoms with Crippen molar-refractivity contribution in [1.29, 1.82) is 0 Å². The zero-order chi connectivity index (χ0) is 24.4. The molecule has 3 N–H and O–H groups in total. The maximum Gasteiger partial charge on any atom is 0.410 e. The Bertz CT molecular complexity index is 882. The van der Waals surface area contributed by atoms with E-state index in [1.165, 1.54) is 54.7 Å². The number of hydrogen-bond donors (Lipinski definition) is 2. The molecule has 11 nitrogen and oxygen atoms in total. The van der Waals surface area contributed by atoms with Crippen LogP contribution in [0.1, 0.15) is 25.3 Å². The van der Waals surface area contributed by atoms with Gasteiger partial charge in [0.15, 0.2) is 5.12 Å². The van der Waals surface area contributed by atoms with Gasteiger partial charge in [-0.2, -0.15) is 11.8 Å². The van der Waals surface area contributed by atoms with Crippen LogP contribution in [0.4, 0.5) is 10.5 Å². The van der Waals surface area contributed by atoms with Gasteiger partial charge in [0, 0.05) is 54.8 Å². The Morgan fingerprint density at radius 2 is 1.97 bits per heavy atom. The number of nitrogens with zero attached hydrogens (tertiary/aromatic N) is 2. The SMILES string of the molecule is CC(=O)SC1CC(CSCCC(=O)NCC(N)=O)N(C(=O)OCc2ccc([N+](=O)[O-])cc2)C1. The summed E-state index contributed by atoms with van der Waals surface area (Å²) in [4.78, 5) is 58.4. The number of nitrogens with two attached hydrogens (primary N) is 1. The fourth-order valence-electron chi connectivity index (χ4n) is 3.18. The van der Waals surface area contributed by atoms with Crippen LogP contribution in [0.2, 0.25) is 0 Å². The molecule has 33 heavy (non-hydrogen) atoms. The lowest BCUT2D eigenvalue weighted by atomic mass is 10.2. The van der Waals surface area contributed by atoms with Crippen LogP contribution in [0, 0.1) is 10.1 Å². The number of likely N-dealkylation sites (tertiary alicyclic amines) is 1. The number of ether oxygens (including phenoxy) is 1. The Labute approximate surface area is 199 Å². The molecule has 1 aliphatic rings. The summed E-state index contributed by atoms with van der Waals surface area (Å²) in [6, 6.07) is 5.58. The summed E-state index contributed by atoms with van der Waals surface area (Å²) in [7, 11) is 0. The van der Waals surface area contributed by atoms with Crippen molar-refractivity contribution in [3.63, 3.8) is 0 Å². The quantitative estimate of drug-likeness (QED) is 0.262. The standard InChI is InChI=1S/C20H26N4O7S2/c1-13(25)33-17-8-16(12-32-7-6-19(27)22-9-18(21)26)23(10-17)20(28)31-11-14-2-4-15(5-3-14)24(29)30/h2-5,16-17H,6-12H2,1H3,(H2,21,26)(H,22,27). The highest BCUT2D eigenvalue weighted by atomic mass is 32.2. The minimum absolute atomic E-state index is 0.0291. The molecule has 1 heterocycles.